The highest BCUT2D eigenvalue weighted by molar-refractivity contribution is 7.99. The van der Waals surface area contributed by atoms with Gasteiger partial charge in [-0.15, -0.1) is 11.8 Å². The molecule has 1 nitrogen and oxygen atoms in total. The van der Waals surface area contributed by atoms with Crippen LogP contribution in [-0.4, -0.2) is 19.3 Å². The average molecular weight is 336 g/mol. The molecule has 0 unspecified atom stereocenters. The van der Waals surface area contributed by atoms with E-state index in [1.807, 2.05) is 18.8 Å². The fraction of sp³-hybridized carbons (Fsp3) is 0.273. The highest BCUT2D eigenvalue weighted by Crippen LogP contribution is 2.28. The Morgan fingerprint density at radius 2 is 1.50 bits per heavy atom. The minimum atomic E-state index is 1.04. The zero-order chi connectivity index (χ0) is 16.6. The first kappa shape index (κ1) is 17.1. The van der Waals surface area contributed by atoms with Gasteiger partial charge in [-0.1, -0.05) is 60.7 Å². The van der Waals surface area contributed by atoms with E-state index in [2.05, 4.69) is 72.0 Å². The molecule has 1 N–H and O–H groups in total. The number of nitrogens with one attached hydrogen (secondary N) is 1. The van der Waals surface area contributed by atoms with Crippen molar-refractivity contribution in [2.45, 2.75) is 24.2 Å². The second-order valence-electron chi connectivity index (χ2n) is 6.05. The molecule has 0 aromatic heterocycles. The maximum atomic E-state index is 3.25. The molecule has 0 saturated heterocycles. The molecule has 2 heteroatoms. The van der Waals surface area contributed by atoms with E-state index in [0.717, 1.165) is 25.1 Å². The summed E-state index contributed by atoms with van der Waals surface area (Å²) in [7, 11) is 2.02. The van der Waals surface area contributed by atoms with Crippen LogP contribution in [0.4, 0.5) is 0 Å². The van der Waals surface area contributed by atoms with Crippen LogP contribution in [0.25, 0.3) is 10.8 Å². The quantitative estimate of drug-likeness (QED) is 0.441. The molecular formula is C22H25NS. The molecule has 0 amide bonds. The Labute approximate surface area is 149 Å². The summed E-state index contributed by atoms with van der Waals surface area (Å²) in [6.45, 7) is 1.04. The van der Waals surface area contributed by atoms with Gasteiger partial charge in [0.05, 0.1) is 0 Å². The van der Waals surface area contributed by atoms with Gasteiger partial charge in [0.2, 0.25) is 0 Å². The van der Waals surface area contributed by atoms with E-state index < -0.39 is 0 Å². The lowest BCUT2D eigenvalue weighted by molar-refractivity contribution is 0.780. The van der Waals surface area contributed by atoms with Crippen LogP contribution in [0.15, 0.2) is 71.6 Å². The van der Waals surface area contributed by atoms with Crippen molar-refractivity contribution in [1.29, 1.82) is 0 Å². The molecule has 0 aliphatic heterocycles. The standard InChI is InChI=1S/C22H25NS/c1-23-16-15-19-9-3-2-8-18(19)12-7-17-24-22-14-6-11-20-10-4-5-13-21(20)22/h2-6,8-11,13-14,23H,7,12,15-17H2,1H3. The fourth-order valence-corrected chi connectivity index (χ4v) is 4.10. The Balaban J connectivity index is 1.57. The number of hydrogen-bond donors (Lipinski definition) is 1. The SMILES string of the molecule is CNCCc1ccccc1CCCSc1cccc2ccccc12. The van der Waals surface area contributed by atoms with Crippen molar-refractivity contribution in [2.75, 3.05) is 19.3 Å². The van der Waals surface area contributed by atoms with Gasteiger partial charge in [0.25, 0.3) is 0 Å². The molecular weight excluding hydrogens is 310 g/mol. The molecule has 0 aliphatic carbocycles. The van der Waals surface area contributed by atoms with Crippen LogP contribution in [0.3, 0.4) is 0 Å². The van der Waals surface area contributed by atoms with Crippen molar-refractivity contribution in [2.24, 2.45) is 0 Å². The molecule has 0 spiro atoms. The zero-order valence-electron chi connectivity index (χ0n) is 14.3. The topological polar surface area (TPSA) is 12.0 Å². The number of hydrogen-bond acceptors (Lipinski definition) is 2. The first-order valence-corrected chi connectivity index (χ1v) is 9.69. The minimum Gasteiger partial charge on any atom is -0.319 e. The Kier molecular flexibility index (Phi) is 6.33. The lowest BCUT2D eigenvalue weighted by Crippen LogP contribution is -2.11. The molecule has 24 heavy (non-hydrogen) atoms. The second-order valence-corrected chi connectivity index (χ2v) is 7.19. The van der Waals surface area contributed by atoms with Crippen molar-refractivity contribution >= 4 is 22.5 Å². The van der Waals surface area contributed by atoms with Crippen LogP contribution < -0.4 is 5.32 Å². The van der Waals surface area contributed by atoms with Crippen molar-refractivity contribution in [1.82, 2.24) is 5.32 Å². The molecule has 0 heterocycles. The van der Waals surface area contributed by atoms with Crippen LogP contribution in [0.2, 0.25) is 0 Å². The number of aryl methyl sites for hydroxylation is 1. The summed E-state index contributed by atoms with van der Waals surface area (Å²) in [5.74, 6) is 1.16. The molecule has 0 fully saturated rings. The number of rotatable bonds is 8. The van der Waals surface area contributed by atoms with E-state index in [-0.39, 0.29) is 0 Å². The second kappa shape index (κ2) is 8.91. The number of fused-ring (bicyclic) bond motifs is 1. The summed E-state index contributed by atoms with van der Waals surface area (Å²) in [5.41, 5.74) is 2.99. The largest absolute Gasteiger partial charge is 0.319 e. The van der Waals surface area contributed by atoms with Crippen molar-refractivity contribution in [3.8, 4) is 0 Å². The predicted octanol–water partition coefficient (Wildman–Crippen LogP) is 5.33. The smallest absolute Gasteiger partial charge is 0.0150 e. The molecule has 3 aromatic rings. The van der Waals surface area contributed by atoms with Gasteiger partial charge < -0.3 is 5.32 Å². The van der Waals surface area contributed by atoms with Crippen LogP contribution in [0, 0.1) is 0 Å². The van der Waals surface area contributed by atoms with E-state index >= 15 is 0 Å². The van der Waals surface area contributed by atoms with E-state index in [0.29, 0.717) is 0 Å². The van der Waals surface area contributed by atoms with Gasteiger partial charge in [0, 0.05) is 4.90 Å². The number of likely N-dealkylation sites (N-methyl/N-ethyl adjacent to an activating group) is 1. The molecule has 3 aromatic carbocycles. The van der Waals surface area contributed by atoms with Gasteiger partial charge in [-0.3, -0.25) is 0 Å². The van der Waals surface area contributed by atoms with Crippen LogP contribution in [-0.2, 0) is 12.8 Å². The maximum Gasteiger partial charge on any atom is 0.0150 e. The molecule has 0 radical (unpaired) electrons. The Morgan fingerprint density at radius 1 is 0.792 bits per heavy atom. The van der Waals surface area contributed by atoms with E-state index in [1.54, 1.807) is 0 Å². The number of thioether (sulfide) groups is 1. The van der Waals surface area contributed by atoms with E-state index in [1.165, 1.54) is 33.2 Å². The van der Waals surface area contributed by atoms with Crippen molar-refractivity contribution in [3.05, 3.63) is 77.9 Å². The zero-order valence-corrected chi connectivity index (χ0v) is 15.1. The Hall–Kier alpha value is -1.77. The monoisotopic (exact) mass is 335 g/mol. The molecule has 3 rings (SSSR count). The van der Waals surface area contributed by atoms with E-state index in [4.69, 9.17) is 0 Å². The van der Waals surface area contributed by atoms with Gasteiger partial charge in [-0.05, 0) is 66.6 Å². The molecule has 0 saturated carbocycles. The van der Waals surface area contributed by atoms with E-state index in [9.17, 15) is 0 Å². The minimum absolute atomic E-state index is 1.04. The number of benzene rings is 3. The predicted molar refractivity (Wildman–Crippen MR) is 107 cm³/mol. The molecule has 124 valence electrons. The highest BCUT2D eigenvalue weighted by Gasteiger charge is 2.03. The third-order valence-corrected chi connectivity index (χ3v) is 5.52. The summed E-state index contributed by atoms with van der Waals surface area (Å²) >= 11 is 1.98. The van der Waals surface area contributed by atoms with Gasteiger partial charge in [0.1, 0.15) is 0 Å². The van der Waals surface area contributed by atoms with Gasteiger partial charge in [0.15, 0.2) is 0 Å². The first-order chi connectivity index (χ1) is 11.9. The highest BCUT2D eigenvalue weighted by atomic mass is 32.2. The Morgan fingerprint density at radius 3 is 2.33 bits per heavy atom. The third-order valence-electron chi connectivity index (χ3n) is 4.36. The third kappa shape index (κ3) is 4.40. The summed E-state index contributed by atoms with van der Waals surface area (Å²) in [6.07, 6.45) is 3.49. The Bertz CT molecular complexity index is 776. The van der Waals surface area contributed by atoms with Crippen LogP contribution in [0.1, 0.15) is 17.5 Å². The lowest BCUT2D eigenvalue weighted by atomic mass is 10.0. The van der Waals surface area contributed by atoms with Crippen LogP contribution in [0.5, 0.6) is 0 Å². The maximum absolute atomic E-state index is 3.25. The fourth-order valence-electron chi connectivity index (χ4n) is 3.07. The summed E-state index contributed by atoms with van der Waals surface area (Å²) < 4.78 is 0. The summed E-state index contributed by atoms with van der Waals surface area (Å²) in [5, 5.41) is 5.95. The molecule has 0 aliphatic rings. The summed E-state index contributed by atoms with van der Waals surface area (Å²) in [6, 6.07) is 24.1. The molecule has 0 atom stereocenters. The van der Waals surface area contributed by atoms with Crippen molar-refractivity contribution in [3.63, 3.8) is 0 Å². The van der Waals surface area contributed by atoms with Gasteiger partial charge >= 0.3 is 0 Å². The molecule has 0 bridgehead atoms. The first-order valence-electron chi connectivity index (χ1n) is 8.70. The summed E-state index contributed by atoms with van der Waals surface area (Å²) in [4.78, 5) is 1.40. The lowest BCUT2D eigenvalue weighted by Gasteiger charge is -2.10. The normalized spacial score (nSPS) is 11.0. The van der Waals surface area contributed by atoms with Gasteiger partial charge in [-0.2, -0.15) is 0 Å². The van der Waals surface area contributed by atoms with Gasteiger partial charge in [-0.25, -0.2) is 0 Å². The van der Waals surface area contributed by atoms with Crippen molar-refractivity contribution < 1.29 is 0 Å². The van der Waals surface area contributed by atoms with Crippen LogP contribution >= 0.6 is 11.8 Å². The average Bonchev–Trinajstić information content (AvgIpc) is 2.64.